The van der Waals surface area contributed by atoms with Crippen LogP contribution in [0.4, 0.5) is 13.2 Å². The Morgan fingerprint density at radius 2 is 1.56 bits per heavy atom. The van der Waals surface area contributed by atoms with Crippen LogP contribution in [0.25, 0.3) is 11.1 Å². The van der Waals surface area contributed by atoms with Crippen LogP contribution < -0.4 is 0 Å². The molecule has 0 aliphatic heterocycles. The highest BCUT2D eigenvalue weighted by Crippen LogP contribution is 2.34. The zero-order valence-electron chi connectivity index (χ0n) is 9.33. The minimum atomic E-state index is -4.44. The van der Waals surface area contributed by atoms with E-state index < -0.39 is 11.7 Å². The lowest BCUT2D eigenvalue weighted by Gasteiger charge is -2.11. The predicted molar refractivity (Wildman–Crippen MR) is 64.8 cm³/mol. The summed E-state index contributed by atoms with van der Waals surface area (Å²) in [6, 6.07) is 12.9. The molecule has 2 aromatic rings. The normalized spacial score (nSPS) is 11.0. The Hall–Kier alpha value is -2.21. The summed E-state index contributed by atoms with van der Waals surface area (Å²) in [4.78, 5) is 0. The molecule has 0 amide bonds. The van der Waals surface area contributed by atoms with Gasteiger partial charge in [-0.25, -0.2) is 0 Å². The maximum Gasteiger partial charge on any atom is 0.417 e. The van der Waals surface area contributed by atoms with E-state index in [4.69, 9.17) is 6.42 Å². The quantitative estimate of drug-likeness (QED) is 0.656. The summed E-state index contributed by atoms with van der Waals surface area (Å²) in [7, 11) is 0. The number of benzene rings is 2. The molecule has 90 valence electrons. The minimum absolute atomic E-state index is 0.137. The monoisotopic (exact) mass is 246 g/mol. The van der Waals surface area contributed by atoms with Gasteiger partial charge in [-0.05, 0) is 23.3 Å². The minimum Gasteiger partial charge on any atom is -0.166 e. The van der Waals surface area contributed by atoms with Crippen molar-refractivity contribution >= 4 is 0 Å². The Morgan fingerprint density at radius 1 is 0.889 bits per heavy atom. The van der Waals surface area contributed by atoms with Gasteiger partial charge in [0, 0.05) is 5.56 Å². The highest BCUT2D eigenvalue weighted by atomic mass is 19.4. The Kier molecular flexibility index (Phi) is 3.12. The van der Waals surface area contributed by atoms with Crippen molar-refractivity contribution in [3.8, 4) is 23.5 Å². The highest BCUT2D eigenvalue weighted by Gasteiger charge is 2.33. The van der Waals surface area contributed by atoms with Gasteiger partial charge in [-0.3, -0.25) is 0 Å². The van der Waals surface area contributed by atoms with E-state index in [2.05, 4.69) is 5.92 Å². The average molecular weight is 246 g/mol. The predicted octanol–water partition coefficient (Wildman–Crippen LogP) is 4.35. The maximum atomic E-state index is 12.8. The van der Waals surface area contributed by atoms with Crippen LogP contribution in [0.2, 0.25) is 0 Å². The zero-order valence-corrected chi connectivity index (χ0v) is 9.33. The molecule has 18 heavy (non-hydrogen) atoms. The summed E-state index contributed by atoms with van der Waals surface area (Å²) >= 11 is 0. The Morgan fingerprint density at radius 3 is 2.11 bits per heavy atom. The standard InChI is InChI=1S/C15H9F3/c1-2-11-8-9-13(10-14(11)15(16,17)18)12-6-4-3-5-7-12/h1,3-10H. The molecule has 0 fully saturated rings. The summed E-state index contributed by atoms with van der Waals surface area (Å²) in [5.41, 5.74) is 0.321. The molecule has 0 atom stereocenters. The molecular weight excluding hydrogens is 237 g/mol. The fourth-order valence-electron chi connectivity index (χ4n) is 1.71. The van der Waals surface area contributed by atoms with Crippen molar-refractivity contribution in [1.82, 2.24) is 0 Å². The van der Waals surface area contributed by atoms with Gasteiger partial charge in [-0.1, -0.05) is 42.3 Å². The Labute approximate surface area is 103 Å². The molecule has 3 heteroatoms. The molecule has 0 saturated carbocycles. The number of halogens is 3. The van der Waals surface area contributed by atoms with E-state index in [-0.39, 0.29) is 5.56 Å². The van der Waals surface area contributed by atoms with E-state index in [0.717, 1.165) is 11.6 Å². The molecule has 0 aliphatic rings. The number of hydrogen-bond donors (Lipinski definition) is 0. The van der Waals surface area contributed by atoms with Gasteiger partial charge in [0.1, 0.15) is 0 Å². The molecule has 0 N–H and O–H groups in total. The third kappa shape index (κ3) is 2.38. The van der Waals surface area contributed by atoms with Gasteiger partial charge < -0.3 is 0 Å². The topological polar surface area (TPSA) is 0 Å². The first-order valence-electron chi connectivity index (χ1n) is 5.25. The first-order valence-corrected chi connectivity index (χ1v) is 5.25. The van der Waals surface area contributed by atoms with E-state index in [1.54, 1.807) is 30.3 Å². The average Bonchev–Trinajstić information content (AvgIpc) is 2.38. The number of alkyl halides is 3. The first kappa shape index (κ1) is 12.3. The van der Waals surface area contributed by atoms with Crippen LogP contribution in [0.15, 0.2) is 48.5 Å². The van der Waals surface area contributed by atoms with Crippen molar-refractivity contribution in [3.63, 3.8) is 0 Å². The number of terminal acetylenes is 1. The fourth-order valence-corrected chi connectivity index (χ4v) is 1.71. The lowest BCUT2D eigenvalue weighted by molar-refractivity contribution is -0.137. The molecule has 0 nitrogen and oxygen atoms in total. The molecule has 0 aromatic heterocycles. The largest absolute Gasteiger partial charge is 0.417 e. The number of hydrogen-bond acceptors (Lipinski definition) is 0. The molecule has 0 bridgehead atoms. The van der Waals surface area contributed by atoms with E-state index in [1.807, 2.05) is 6.07 Å². The van der Waals surface area contributed by atoms with Gasteiger partial charge in [0.05, 0.1) is 5.56 Å². The second-order valence-electron chi connectivity index (χ2n) is 3.77. The van der Waals surface area contributed by atoms with Crippen LogP contribution in [-0.4, -0.2) is 0 Å². The van der Waals surface area contributed by atoms with Gasteiger partial charge >= 0.3 is 6.18 Å². The van der Waals surface area contributed by atoms with E-state index in [9.17, 15) is 13.2 Å². The molecule has 2 rings (SSSR count). The number of rotatable bonds is 1. The summed E-state index contributed by atoms with van der Waals surface area (Å²) in [6.45, 7) is 0. The van der Waals surface area contributed by atoms with Gasteiger partial charge in [-0.2, -0.15) is 13.2 Å². The second kappa shape index (κ2) is 4.58. The summed E-state index contributed by atoms with van der Waals surface area (Å²) in [5, 5.41) is 0. The van der Waals surface area contributed by atoms with E-state index in [1.165, 1.54) is 6.07 Å². The van der Waals surface area contributed by atoms with Crippen LogP contribution in [-0.2, 0) is 6.18 Å². The molecule has 0 spiro atoms. The van der Waals surface area contributed by atoms with Gasteiger partial charge in [0.2, 0.25) is 0 Å². The molecule has 0 radical (unpaired) electrons. The molecule has 0 unspecified atom stereocenters. The van der Waals surface area contributed by atoms with Crippen molar-refractivity contribution in [2.45, 2.75) is 6.18 Å². The third-order valence-electron chi connectivity index (χ3n) is 2.59. The lowest BCUT2D eigenvalue weighted by Crippen LogP contribution is -2.07. The van der Waals surface area contributed by atoms with E-state index >= 15 is 0 Å². The molecule has 0 aliphatic carbocycles. The van der Waals surface area contributed by atoms with Gasteiger partial charge in [0.15, 0.2) is 0 Å². The fraction of sp³-hybridized carbons (Fsp3) is 0.0667. The van der Waals surface area contributed by atoms with Crippen molar-refractivity contribution in [2.75, 3.05) is 0 Å². The third-order valence-corrected chi connectivity index (χ3v) is 2.59. The van der Waals surface area contributed by atoms with Gasteiger partial charge in [0.25, 0.3) is 0 Å². The maximum absolute atomic E-state index is 12.8. The van der Waals surface area contributed by atoms with Crippen LogP contribution >= 0.6 is 0 Å². The van der Waals surface area contributed by atoms with Crippen LogP contribution in [0, 0.1) is 12.3 Å². The summed E-state index contributed by atoms with van der Waals surface area (Å²) in [5.74, 6) is 2.06. The van der Waals surface area contributed by atoms with Crippen LogP contribution in [0.1, 0.15) is 11.1 Å². The molecule has 0 heterocycles. The summed E-state index contributed by atoms with van der Waals surface area (Å²) < 4.78 is 38.5. The van der Waals surface area contributed by atoms with Crippen molar-refractivity contribution in [1.29, 1.82) is 0 Å². The van der Waals surface area contributed by atoms with Crippen molar-refractivity contribution in [2.24, 2.45) is 0 Å². The van der Waals surface area contributed by atoms with Crippen LogP contribution in [0.3, 0.4) is 0 Å². The summed E-state index contributed by atoms with van der Waals surface area (Å²) in [6.07, 6.45) is 0.648. The lowest BCUT2D eigenvalue weighted by atomic mass is 9.99. The second-order valence-corrected chi connectivity index (χ2v) is 3.77. The van der Waals surface area contributed by atoms with Crippen molar-refractivity contribution in [3.05, 3.63) is 59.7 Å². The van der Waals surface area contributed by atoms with E-state index in [0.29, 0.717) is 5.56 Å². The van der Waals surface area contributed by atoms with Crippen molar-refractivity contribution < 1.29 is 13.2 Å². The molecule has 0 saturated heterocycles. The molecule has 2 aromatic carbocycles. The molecular formula is C15H9F3. The Balaban J connectivity index is 2.58. The Bertz CT molecular complexity index is 589. The highest BCUT2D eigenvalue weighted by molar-refractivity contribution is 5.66. The van der Waals surface area contributed by atoms with Crippen LogP contribution in [0.5, 0.6) is 0 Å². The smallest absolute Gasteiger partial charge is 0.166 e. The first-order chi connectivity index (χ1) is 8.52. The van der Waals surface area contributed by atoms with Gasteiger partial charge in [-0.15, -0.1) is 6.42 Å². The zero-order chi connectivity index (χ0) is 13.2. The SMILES string of the molecule is C#Cc1ccc(-c2ccccc2)cc1C(F)(F)F.